The van der Waals surface area contributed by atoms with E-state index in [4.69, 9.17) is 10.5 Å². The van der Waals surface area contributed by atoms with Crippen molar-refractivity contribution in [1.29, 1.82) is 0 Å². The molecule has 4 nitrogen and oxygen atoms in total. The zero-order valence-corrected chi connectivity index (χ0v) is 12.4. The van der Waals surface area contributed by atoms with Gasteiger partial charge in [-0.25, -0.2) is 4.39 Å². The van der Waals surface area contributed by atoms with Gasteiger partial charge in [0.25, 0.3) is 0 Å². The third-order valence-electron chi connectivity index (χ3n) is 4.09. The van der Waals surface area contributed by atoms with Gasteiger partial charge < -0.3 is 10.5 Å². The lowest BCUT2D eigenvalue weighted by atomic mass is 9.95. The normalized spacial score (nSPS) is 19.4. The Kier molecular flexibility index (Phi) is 5.54. The number of aromatic nitrogens is 2. The van der Waals surface area contributed by atoms with Gasteiger partial charge in [0.05, 0.1) is 18.3 Å². The maximum absolute atomic E-state index is 14.8. The molecule has 1 atom stereocenters. The number of halogens is 1. The van der Waals surface area contributed by atoms with Crippen molar-refractivity contribution in [2.24, 2.45) is 5.73 Å². The summed E-state index contributed by atoms with van der Waals surface area (Å²) in [7, 11) is 1.54. The van der Waals surface area contributed by atoms with Crippen LogP contribution >= 0.6 is 0 Å². The molecular formula is C15H26FN3O. The molecule has 1 unspecified atom stereocenters. The van der Waals surface area contributed by atoms with E-state index in [0.29, 0.717) is 31.8 Å². The molecule has 0 aliphatic heterocycles. The van der Waals surface area contributed by atoms with E-state index in [-0.39, 0.29) is 6.61 Å². The van der Waals surface area contributed by atoms with Crippen LogP contribution in [0.5, 0.6) is 0 Å². The predicted octanol–water partition coefficient (Wildman–Crippen LogP) is 2.63. The monoisotopic (exact) mass is 283 g/mol. The first-order chi connectivity index (χ1) is 9.67. The predicted molar refractivity (Wildman–Crippen MR) is 77.4 cm³/mol. The highest BCUT2D eigenvalue weighted by Crippen LogP contribution is 2.29. The van der Waals surface area contributed by atoms with Gasteiger partial charge in [-0.15, -0.1) is 0 Å². The Bertz CT molecular complexity index is 404. The first kappa shape index (κ1) is 15.4. The molecule has 0 bridgehead atoms. The number of ether oxygens (including phenoxy) is 1. The third-order valence-corrected chi connectivity index (χ3v) is 4.09. The fourth-order valence-corrected chi connectivity index (χ4v) is 3.06. The number of alkyl halides is 1. The van der Waals surface area contributed by atoms with Crippen LogP contribution in [0.25, 0.3) is 0 Å². The molecule has 1 saturated carbocycles. The molecule has 1 aliphatic carbocycles. The summed E-state index contributed by atoms with van der Waals surface area (Å²) in [6.07, 6.45) is 8.30. The smallest absolute Gasteiger partial charge is 0.139 e. The van der Waals surface area contributed by atoms with Gasteiger partial charge in [0.1, 0.15) is 5.67 Å². The molecule has 1 fully saturated rings. The molecule has 5 heteroatoms. The lowest BCUT2D eigenvalue weighted by Crippen LogP contribution is -2.32. The number of nitrogens with two attached hydrogens (primary N) is 1. The Morgan fingerprint density at radius 1 is 1.50 bits per heavy atom. The van der Waals surface area contributed by atoms with Crippen molar-refractivity contribution in [2.45, 2.75) is 56.7 Å². The Balaban J connectivity index is 1.98. The van der Waals surface area contributed by atoms with Gasteiger partial charge in [0.2, 0.25) is 0 Å². The first-order valence-corrected chi connectivity index (χ1v) is 7.59. The second-order valence-corrected chi connectivity index (χ2v) is 5.88. The molecular weight excluding hydrogens is 257 g/mol. The van der Waals surface area contributed by atoms with Gasteiger partial charge in [0, 0.05) is 19.7 Å². The van der Waals surface area contributed by atoms with Crippen LogP contribution in [0, 0.1) is 0 Å². The average Bonchev–Trinajstić information content (AvgIpc) is 3.07. The third kappa shape index (κ3) is 4.03. The molecule has 114 valence electrons. The molecule has 2 N–H and O–H groups in total. The van der Waals surface area contributed by atoms with Gasteiger partial charge >= 0.3 is 0 Å². The molecule has 20 heavy (non-hydrogen) atoms. The van der Waals surface area contributed by atoms with Crippen molar-refractivity contribution >= 4 is 0 Å². The highest BCUT2D eigenvalue weighted by atomic mass is 19.1. The van der Waals surface area contributed by atoms with Crippen molar-refractivity contribution < 1.29 is 9.13 Å². The standard InChI is InChI=1S/C15H26FN3O/c1-20-12-15(16,8-4-9-17)11-13-7-10-19(18-13)14-5-2-3-6-14/h7,10,14H,2-6,8-9,11-12,17H2,1H3. The minimum atomic E-state index is -1.36. The maximum Gasteiger partial charge on any atom is 0.139 e. The van der Waals surface area contributed by atoms with Gasteiger partial charge in [-0.3, -0.25) is 4.68 Å². The van der Waals surface area contributed by atoms with E-state index in [1.54, 1.807) is 0 Å². The van der Waals surface area contributed by atoms with E-state index < -0.39 is 5.67 Å². The molecule has 0 saturated heterocycles. The Morgan fingerprint density at radius 2 is 2.25 bits per heavy atom. The molecule has 0 aromatic carbocycles. The highest BCUT2D eigenvalue weighted by molar-refractivity contribution is 5.05. The summed E-state index contributed by atoms with van der Waals surface area (Å²) in [6, 6.07) is 2.44. The van der Waals surface area contributed by atoms with Gasteiger partial charge in [-0.05, 0) is 38.3 Å². The zero-order valence-electron chi connectivity index (χ0n) is 12.4. The number of rotatable bonds is 8. The van der Waals surface area contributed by atoms with E-state index in [9.17, 15) is 4.39 Å². The van der Waals surface area contributed by atoms with Crippen molar-refractivity contribution in [3.8, 4) is 0 Å². The largest absolute Gasteiger partial charge is 0.381 e. The molecule has 1 aromatic heterocycles. The number of nitrogens with zero attached hydrogens (tertiary/aromatic N) is 2. The lowest BCUT2D eigenvalue weighted by Gasteiger charge is -2.23. The van der Waals surface area contributed by atoms with Crippen LogP contribution in [0.4, 0.5) is 4.39 Å². The van der Waals surface area contributed by atoms with Crippen molar-refractivity contribution in [3.63, 3.8) is 0 Å². The average molecular weight is 283 g/mol. The van der Waals surface area contributed by atoms with Gasteiger partial charge in [0.15, 0.2) is 0 Å². The minimum Gasteiger partial charge on any atom is -0.381 e. The number of methoxy groups -OCH3 is 1. The van der Waals surface area contributed by atoms with Crippen LogP contribution in [0.1, 0.15) is 50.3 Å². The summed E-state index contributed by atoms with van der Waals surface area (Å²) in [4.78, 5) is 0. The topological polar surface area (TPSA) is 53.1 Å². The van der Waals surface area contributed by atoms with Crippen molar-refractivity contribution in [3.05, 3.63) is 18.0 Å². The molecule has 2 rings (SSSR count). The maximum atomic E-state index is 14.8. The zero-order chi connectivity index (χ0) is 14.4. The molecule has 1 aliphatic rings. The van der Waals surface area contributed by atoms with Crippen molar-refractivity contribution in [1.82, 2.24) is 9.78 Å². The first-order valence-electron chi connectivity index (χ1n) is 7.59. The quantitative estimate of drug-likeness (QED) is 0.798. The van der Waals surface area contributed by atoms with Crippen LogP contribution in [0.3, 0.4) is 0 Å². The number of hydrogen-bond acceptors (Lipinski definition) is 3. The van der Waals surface area contributed by atoms with Crippen LogP contribution in [-0.2, 0) is 11.2 Å². The molecule has 0 radical (unpaired) electrons. The van der Waals surface area contributed by atoms with Gasteiger partial charge in [-0.2, -0.15) is 5.10 Å². The van der Waals surface area contributed by atoms with Crippen LogP contribution in [0.2, 0.25) is 0 Å². The Morgan fingerprint density at radius 3 is 2.90 bits per heavy atom. The van der Waals surface area contributed by atoms with E-state index in [2.05, 4.69) is 5.10 Å². The number of hydrogen-bond donors (Lipinski definition) is 1. The Labute approximate surface area is 120 Å². The van der Waals surface area contributed by atoms with E-state index >= 15 is 0 Å². The fraction of sp³-hybridized carbons (Fsp3) is 0.800. The second kappa shape index (κ2) is 7.18. The molecule has 0 spiro atoms. The summed E-state index contributed by atoms with van der Waals surface area (Å²) in [5.74, 6) is 0. The fourth-order valence-electron chi connectivity index (χ4n) is 3.06. The minimum absolute atomic E-state index is 0.100. The van der Waals surface area contributed by atoms with E-state index in [0.717, 1.165) is 5.69 Å². The van der Waals surface area contributed by atoms with Gasteiger partial charge in [-0.1, -0.05) is 12.8 Å². The highest BCUT2D eigenvalue weighted by Gasteiger charge is 2.31. The summed E-state index contributed by atoms with van der Waals surface area (Å²) < 4.78 is 21.9. The second-order valence-electron chi connectivity index (χ2n) is 5.88. The van der Waals surface area contributed by atoms with Crippen LogP contribution in [0.15, 0.2) is 12.3 Å². The SMILES string of the molecule is COCC(F)(CCCN)Cc1ccn(C2CCCC2)n1. The summed E-state index contributed by atoms with van der Waals surface area (Å²) in [5.41, 5.74) is 4.94. The summed E-state index contributed by atoms with van der Waals surface area (Å²) in [5, 5.41) is 4.56. The summed E-state index contributed by atoms with van der Waals surface area (Å²) >= 11 is 0. The lowest BCUT2D eigenvalue weighted by molar-refractivity contribution is 0.0326. The molecule has 1 heterocycles. The van der Waals surface area contributed by atoms with Crippen LogP contribution < -0.4 is 5.73 Å². The Hall–Kier alpha value is -0.940. The van der Waals surface area contributed by atoms with E-state index in [1.807, 2.05) is 16.9 Å². The van der Waals surface area contributed by atoms with Crippen LogP contribution in [-0.4, -0.2) is 35.7 Å². The molecule has 0 amide bonds. The van der Waals surface area contributed by atoms with E-state index in [1.165, 1.54) is 32.8 Å². The van der Waals surface area contributed by atoms with Crippen molar-refractivity contribution in [2.75, 3.05) is 20.3 Å². The molecule has 1 aromatic rings. The summed E-state index contributed by atoms with van der Waals surface area (Å²) in [6.45, 7) is 0.606.